The molecule has 12 heteroatoms. The van der Waals surface area contributed by atoms with Crippen molar-refractivity contribution >= 4 is 23.9 Å². The Morgan fingerprint density at radius 3 is 2.24 bits per heavy atom. The van der Waals surface area contributed by atoms with Crippen LogP contribution >= 0.6 is 0 Å². The number of amides is 3. The van der Waals surface area contributed by atoms with Gasteiger partial charge in [-0.15, -0.1) is 0 Å². The second-order valence-electron chi connectivity index (χ2n) is 10.9. The molecule has 2 aromatic rings. The third-order valence-electron chi connectivity index (χ3n) is 6.56. The molecule has 3 rings (SSSR count). The van der Waals surface area contributed by atoms with E-state index >= 15 is 0 Å². The molecule has 0 radical (unpaired) electrons. The smallest absolute Gasteiger partial charge is 0.409 e. The molecule has 1 aromatic heterocycles. The van der Waals surface area contributed by atoms with E-state index in [4.69, 9.17) is 14.2 Å². The molecule has 1 aliphatic rings. The van der Waals surface area contributed by atoms with Gasteiger partial charge in [-0.2, -0.15) is 0 Å². The van der Waals surface area contributed by atoms with Crippen LogP contribution in [0.4, 0.5) is 4.79 Å². The second kappa shape index (κ2) is 14.7. The number of methoxy groups -OCH3 is 1. The Morgan fingerprint density at radius 1 is 1.00 bits per heavy atom. The number of rotatable bonds is 10. The van der Waals surface area contributed by atoms with Crippen LogP contribution in [0, 0.1) is 0 Å². The number of nitrogens with zero attached hydrogens (tertiary/aromatic N) is 4. The van der Waals surface area contributed by atoms with Crippen molar-refractivity contribution in [3.63, 3.8) is 0 Å². The average Bonchev–Trinajstić information content (AvgIpc) is 2.97. The van der Waals surface area contributed by atoms with Gasteiger partial charge in [-0.05, 0) is 47.1 Å². The summed E-state index contributed by atoms with van der Waals surface area (Å²) in [5.41, 5.74) is 0.592. The van der Waals surface area contributed by atoms with Crippen molar-refractivity contribution in [1.82, 2.24) is 25.1 Å². The maximum absolute atomic E-state index is 13.6. The number of benzene rings is 1. The van der Waals surface area contributed by atoms with E-state index in [2.05, 4.69) is 15.3 Å². The number of esters is 1. The van der Waals surface area contributed by atoms with Gasteiger partial charge in [0.1, 0.15) is 17.3 Å². The first-order valence-electron chi connectivity index (χ1n) is 14.1. The van der Waals surface area contributed by atoms with Crippen LogP contribution in [0.15, 0.2) is 36.4 Å². The highest BCUT2D eigenvalue weighted by molar-refractivity contribution is 5.96. The Labute approximate surface area is 246 Å². The van der Waals surface area contributed by atoms with Crippen LogP contribution in [0.2, 0.25) is 0 Å². The SMILES string of the molecule is CCOC(=O)N1CCN(C(=O)C(CCC(=O)OC(C)(C)C)NC(=O)c2cc(C(C)OC)nc(-c3ccccc3)n2)CC1. The summed E-state index contributed by atoms with van der Waals surface area (Å²) >= 11 is 0. The Hall–Kier alpha value is -4.06. The predicted molar refractivity (Wildman–Crippen MR) is 154 cm³/mol. The number of aromatic nitrogens is 2. The third kappa shape index (κ3) is 9.23. The summed E-state index contributed by atoms with van der Waals surface area (Å²) in [5.74, 6) is -1.09. The molecule has 1 aliphatic heterocycles. The highest BCUT2D eigenvalue weighted by Gasteiger charge is 2.32. The first kappa shape index (κ1) is 32.5. The fraction of sp³-hybridized carbons (Fsp3) is 0.533. The third-order valence-corrected chi connectivity index (χ3v) is 6.56. The lowest BCUT2D eigenvalue weighted by Gasteiger charge is -2.36. The largest absolute Gasteiger partial charge is 0.460 e. The lowest BCUT2D eigenvalue weighted by molar-refractivity contribution is -0.155. The van der Waals surface area contributed by atoms with Gasteiger partial charge in [0.05, 0.1) is 18.4 Å². The Kier molecular flexibility index (Phi) is 11.4. The lowest BCUT2D eigenvalue weighted by Crippen LogP contribution is -2.56. The van der Waals surface area contributed by atoms with Crippen LogP contribution in [0.5, 0.6) is 0 Å². The first-order chi connectivity index (χ1) is 19.9. The van der Waals surface area contributed by atoms with E-state index in [1.54, 1.807) is 39.7 Å². The van der Waals surface area contributed by atoms with E-state index in [1.807, 2.05) is 37.3 Å². The molecule has 0 bridgehead atoms. The topological polar surface area (TPSA) is 140 Å². The fourth-order valence-corrected chi connectivity index (χ4v) is 4.32. The molecular formula is C30H41N5O7. The van der Waals surface area contributed by atoms with Crippen LogP contribution in [-0.4, -0.2) is 95.2 Å². The Balaban J connectivity index is 1.84. The number of carbonyl (C=O) groups excluding carboxylic acids is 4. The molecule has 12 nitrogen and oxygen atoms in total. The summed E-state index contributed by atoms with van der Waals surface area (Å²) in [6.07, 6.45) is -0.905. The molecule has 0 aliphatic carbocycles. The molecular weight excluding hydrogens is 542 g/mol. The summed E-state index contributed by atoms with van der Waals surface area (Å²) in [4.78, 5) is 64.0. The molecule has 0 saturated carbocycles. The minimum Gasteiger partial charge on any atom is -0.460 e. The van der Waals surface area contributed by atoms with Gasteiger partial charge in [0.2, 0.25) is 5.91 Å². The molecule has 3 amide bonds. The molecule has 1 saturated heterocycles. The molecule has 0 spiro atoms. The average molecular weight is 584 g/mol. The number of carbonyl (C=O) groups is 4. The first-order valence-corrected chi connectivity index (χ1v) is 14.1. The Morgan fingerprint density at radius 2 is 1.64 bits per heavy atom. The molecule has 2 unspecified atom stereocenters. The van der Waals surface area contributed by atoms with Crippen molar-refractivity contribution in [2.75, 3.05) is 39.9 Å². The zero-order valence-corrected chi connectivity index (χ0v) is 25.2. The van der Waals surface area contributed by atoms with Crippen molar-refractivity contribution < 1.29 is 33.4 Å². The van der Waals surface area contributed by atoms with E-state index in [-0.39, 0.29) is 44.1 Å². The minimum absolute atomic E-state index is 0.0233. The molecule has 1 fully saturated rings. The monoisotopic (exact) mass is 583 g/mol. The van der Waals surface area contributed by atoms with Gasteiger partial charge in [-0.3, -0.25) is 14.4 Å². The number of piperazine rings is 1. The van der Waals surface area contributed by atoms with Crippen molar-refractivity contribution in [2.24, 2.45) is 0 Å². The van der Waals surface area contributed by atoms with E-state index in [1.165, 1.54) is 11.0 Å². The van der Waals surface area contributed by atoms with Crippen molar-refractivity contribution in [3.8, 4) is 11.4 Å². The fourth-order valence-electron chi connectivity index (χ4n) is 4.32. The number of hydrogen-bond donors (Lipinski definition) is 1. The zero-order valence-electron chi connectivity index (χ0n) is 25.2. The maximum Gasteiger partial charge on any atom is 0.409 e. The number of ether oxygens (including phenoxy) is 3. The van der Waals surface area contributed by atoms with Crippen LogP contribution in [0.3, 0.4) is 0 Å². The highest BCUT2D eigenvalue weighted by atomic mass is 16.6. The van der Waals surface area contributed by atoms with Gasteiger partial charge in [-0.25, -0.2) is 14.8 Å². The summed E-state index contributed by atoms with van der Waals surface area (Å²) in [6.45, 7) is 10.2. The maximum atomic E-state index is 13.6. The van der Waals surface area contributed by atoms with Gasteiger partial charge >= 0.3 is 12.1 Å². The van der Waals surface area contributed by atoms with Gasteiger partial charge in [0.25, 0.3) is 5.91 Å². The quantitative estimate of drug-likeness (QED) is 0.417. The summed E-state index contributed by atoms with van der Waals surface area (Å²) in [6, 6.07) is 9.73. The van der Waals surface area contributed by atoms with E-state index < -0.39 is 35.7 Å². The molecule has 2 atom stereocenters. The van der Waals surface area contributed by atoms with Gasteiger partial charge in [0.15, 0.2) is 5.82 Å². The predicted octanol–water partition coefficient (Wildman–Crippen LogP) is 3.37. The van der Waals surface area contributed by atoms with Crippen molar-refractivity contribution in [2.45, 2.75) is 65.2 Å². The number of hydrogen-bond acceptors (Lipinski definition) is 9. The van der Waals surface area contributed by atoms with Crippen LogP contribution in [0.25, 0.3) is 11.4 Å². The van der Waals surface area contributed by atoms with Gasteiger partial charge < -0.3 is 29.3 Å². The van der Waals surface area contributed by atoms with E-state index in [0.29, 0.717) is 30.2 Å². The summed E-state index contributed by atoms with van der Waals surface area (Å²) in [7, 11) is 1.54. The standard InChI is InChI=1S/C30H41N5O7/c1-7-41-29(39)35-17-15-34(16-18-35)28(38)22(13-14-25(36)42-30(3,4)5)33-27(37)24-19-23(20(2)40-6)31-26(32-24)21-11-9-8-10-12-21/h8-12,19-20,22H,7,13-18H2,1-6H3,(H,33,37). The van der Waals surface area contributed by atoms with Gasteiger partial charge in [0, 0.05) is 45.3 Å². The molecule has 1 N–H and O–H groups in total. The minimum atomic E-state index is -1.03. The van der Waals surface area contributed by atoms with Crippen LogP contribution < -0.4 is 5.32 Å². The molecule has 1 aromatic carbocycles. The van der Waals surface area contributed by atoms with E-state index in [9.17, 15) is 19.2 Å². The van der Waals surface area contributed by atoms with Crippen LogP contribution in [-0.2, 0) is 23.8 Å². The normalized spacial score (nSPS) is 15.0. The van der Waals surface area contributed by atoms with Crippen molar-refractivity contribution in [1.29, 1.82) is 0 Å². The van der Waals surface area contributed by atoms with Crippen LogP contribution in [0.1, 0.15) is 69.7 Å². The summed E-state index contributed by atoms with van der Waals surface area (Å²) < 4.78 is 15.9. The highest BCUT2D eigenvalue weighted by Crippen LogP contribution is 2.21. The second-order valence-corrected chi connectivity index (χ2v) is 10.9. The Bertz CT molecular complexity index is 1240. The molecule has 2 heterocycles. The molecule has 228 valence electrons. The van der Waals surface area contributed by atoms with E-state index in [0.717, 1.165) is 0 Å². The molecule has 42 heavy (non-hydrogen) atoms. The lowest BCUT2D eigenvalue weighted by atomic mass is 10.1. The van der Waals surface area contributed by atoms with Crippen molar-refractivity contribution in [3.05, 3.63) is 47.8 Å². The zero-order chi connectivity index (χ0) is 30.9. The van der Waals surface area contributed by atoms with Gasteiger partial charge in [-0.1, -0.05) is 30.3 Å². The number of nitrogens with one attached hydrogen (secondary N) is 1. The summed E-state index contributed by atoms with van der Waals surface area (Å²) in [5, 5.41) is 2.79.